The molecule has 0 aromatic rings. The van der Waals surface area contributed by atoms with Crippen LogP contribution in [0.3, 0.4) is 0 Å². The number of allylic oxidation sites excluding steroid dienone is 18. The zero-order chi connectivity index (χ0) is 58.5. The van der Waals surface area contributed by atoms with Crippen LogP contribution in [0.2, 0.25) is 0 Å². The predicted octanol–water partition coefficient (Wildman–Crippen LogP) is 23.8. The van der Waals surface area contributed by atoms with Gasteiger partial charge >= 0.3 is 17.9 Å². The first-order chi connectivity index (χ1) is 40.0. The second-order valence-corrected chi connectivity index (χ2v) is 22.7. The zero-order valence-corrected chi connectivity index (χ0v) is 53.3. The summed E-state index contributed by atoms with van der Waals surface area (Å²) in [6.45, 7) is 6.46. The molecule has 0 aromatic carbocycles. The summed E-state index contributed by atoms with van der Waals surface area (Å²) in [5.41, 5.74) is 0. The van der Waals surface area contributed by atoms with Crippen molar-refractivity contribution in [1.82, 2.24) is 0 Å². The number of hydrogen-bond donors (Lipinski definition) is 0. The first-order valence-electron chi connectivity index (χ1n) is 34.4. The molecule has 0 fully saturated rings. The topological polar surface area (TPSA) is 78.9 Å². The molecule has 6 heteroatoms. The monoisotopic (exact) mass is 1120 g/mol. The molecule has 0 spiro atoms. The van der Waals surface area contributed by atoms with Gasteiger partial charge in [-0.15, -0.1) is 0 Å². The Morgan fingerprint density at radius 3 is 0.802 bits per heavy atom. The van der Waals surface area contributed by atoms with Crippen LogP contribution in [0.5, 0.6) is 0 Å². The number of carbonyl (C=O) groups is 3. The van der Waals surface area contributed by atoms with Gasteiger partial charge in [0.2, 0.25) is 0 Å². The lowest BCUT2D eigenvalue weighted by atomic mass is 10.0. The van der Waals surface area contributed by atoms with Gasteiger partial charge in [-0.1, -0.05) is 297 Å². The molecule has 0 N–H and O–H groups in total. The molecule has 1 unspecified atom stereocenters. The van der Waals surface area contributed by atoms with Crippen LogP contribution in [0, 0.1) is 0 Å². The Kier molecular flexibility index (Phi) is 65.2. The third kappa shape index (κ3) is 66.8. The maximum Gasteiger partial charge on any atom is 0.306 e. The van der Waals surface area contributed by atoms with Crippen LogP contribution in [-0.2, 0) is 28.6 Å². The summed E-state index contributed by atoms with van der Waals surface area (Å²) in [5.74, 6) is -0.903. The normalized spacial score (nSPS) is 12.8. The smallest absolute Gasteiger partial charge is 0.306 e. The summed E-state index contributed by atoms with van der Waals surface area (Å²) < 4.78 is 16.9. The van der Waals surface area contributed by atoms with E-state index in [-0.39, 0.29) is 31.1 Å². The van der Waals surface area contributed by atoms with Gasteiger partial charge in [0, 0.05) is 19.3 Å². The van der Waals surface area contributed by atoms with Crippen LogP contribution in [0.1, 0.15) is 329 Å². The highest BCUT2D eigenvalue weighted by atomic mass is 16.6. The Bertz CT molecular complexity index is 1620. The van der Waals surface area contributed by atoms with Gasteiger partial charge < -0.3 is 14.2 Å². The number of ether oxygens (including phenoxy) is 3. The SMILES string of the molecule is CC/C=C\C/C=C\C/C=C\C/C=C\CCCCCCCCCCCCCCCCCCC(=O)OCC(COC(=O)CCCCCCC/C=C\C/C=C\CCC)OC(=O)CCCCCCCC/C=C\C/C=C\C/C=C\CCCCCCC. The number of carbonyl (C=O) groups excluding carboxylic acids is 3. The van der Waals surface area contributed by atoms with Gasteiger partial charge in [0.05, 0.1) is 0 Å². The summed E-state index contributed by atoms with van der Waals surface area (Å²) in [6.07, 6.45) is 94.0. The Hall–Kier alpha value is -3.93. The summed E-state index contributed by atoms with van der Waals surface area (Å²) in [5, 5.41) is 0. The van der Waals surface area contributed by atoms with Crippen LogP contribution >= 0.6 is 0 Å². The minimum Gasteiger partial charge on any atom is -0.462 e. The maximum absolute atomic E-state index is 12.9. The van der Waals surface area contributed by atoms with E-state index in [1.165, 1.54) is 148 Å². The first-order valence-corrected chi connectivity index (χ1v) is 34.4. The zero-order valence-electron chi connectivity index (χ0n) is 53.3. The van der Waals surface area contributed by atoms with Crippen molar-refractivity contribution in [2.24, 2.45) is 0 Å². The van der Waals surface area contributed by atoms with Gasteiger partial charge in [-0.05, 0) is 122 Å². The lowest BCUT2D eigenvalue weighted by Gasteiger charge is -2.18. The average Bonchev–Trinajstić information content (AvgIpc) is 3.46. The Morgan fingerprint density at radius 2 is 0.506 bits per heavy atom. The van der Waals surface area contributed by atoms with E-state index in [9.17, 15) is 14.4 Å². The Labute approximate surface area is 501 Å². The molecule has 0 heterocycles. The number of unbranched alkanes of at least 4 members (excludes halogenated alkanes) is 33. The van der Waals surface area contributed by atoms with Crippen LogP contribution in [-0.4, -0.2) is 37.2 Å². The van der Waals surface area contributed by atoms with Crippen molar-refractivity contribution < 1.29 is 28.6 Å². The van der Waals surface area contributed by atoms with Crippen LogP contribution in [0.25, 0.3) is 0 Å². The van der Waals surface area contributed by atoms with Gasteiger partial charge in [0.15, 0.2) is 6.10 Å². The lowest BCUT2D eigenvalue weighted by Crippen LogP contribution is -2.30. The van der Waals surface area contributed by atoms with E-state index in [2.05, 4.69) is 130 Å². The van der Waals surface area contributed by atoms with Crippen molar-refractivity contribution in [3.8, 4) is 0 Å². The summed E-state index contributed by atoms with van der Waals surface area (Å²) in [7, 11) is 0. The second-order valence-electron chi connectivity index (χ2n) is 22.7. The number of hydrogen-bond acceptors (Lipinski definition) is 6. The highest BCUT2D eigenvalue weighted by molar-refractivity contribution is 5.71. The molecule has 0 bridgehead atoms. The molecule has 0 aliphatic rings. The molecule has 0 amide bonds. The lowest BCUT2D eigenvalue weighted by molar-refractivity contribution is -0.167. The fraction of sp³-hybridized carbons (Fsp3) is 0.720. The van der Waals surface area contributed by atoms with Crippen LogP contribution < -0.4 is 0 Å². The Morgan fingerprint density at radius 1 is 0.259 bits per heavy atom. The molecular formula is C75H128O6. The summed E-state index contributed by atoms with van der Waals surface area (Å²) in [4.78, 5) is 38.4. The third-order valence-corrected chi connectivity index (χ3v) is 14.7. The molecule has 0 radical (unpaired) electrons. The maximum atomic E-state index is 12.9. The first kappa shape index (κ1) is 77.1. The largest absolute Gasteiger partial charge is 0.462 e. The van der Waals surface area contributed by atoms with Crippen molar-refractivity contribution in [2.75, 3.05) is 13.2 Å². The van der Waals surface area contributed by atoms with Crippen LogP contribution in [0.4, 0.5) is 0 Å². The molecule has 0 saturated carbocycles. The molecule has 0 aliphatic heterocycles. The molecule has 6 nitrogen and oxygen atoms in total. The van der Waals surface area contributed by atoms with Crippen molar-refractivity contribution in [3.63, 3.8) is 0 Å². The van der Waals surface area contributed by atoms with Gasteiger partial charge in [-0.2, -0.15) is 0 Å². The van der Waals surface area contributed by atoms with E-state index >= 15 is 0 Å². The summed E-state index contributed by atoms with van der Waals surface area (Å²) >= 11 is 0. The molecule has 464 valence electrons. The van der Waals surface area contributed by atoms with Gasteiger partial charge in [0.25, 0.3) is 0 Å². The number of rotatable bonds is 62. The van der Waals surface area contributed by atoms with E-state index in [1.807, 2.05) is 0 Å². The van der Waals surface area contributed by atoms with Gasteiger partial charge in [-0.3, -0.25) is 14.4 Å². The van der Waals surface area contributed by atoms with E-state index in [0.717, 1.165) is 141 Å². The molecule has 0 aliphatic carbocycles. The van der Waals surface area contributed by atoms with Crippen LogP contribution in [0.15, 0.2) is 109 Å². The van der Waals surface area contributed by atoms with Crippen molar-refractivity contribution in [1.29, 1.82) is 0 Å². The standard InChI is InChI=1S/C75H128O6/c1-4-7-10-13-16-19-22-25-27-29-31-33-34-35-36-37-38-39-40-42-43-45-47-50-53-56-59-62-65-68-74(77)80-71-72(70-79-73(76)67-64-61-58-55-52-49-24-21-18-15-12-9-6-3)81-75(78)69-66-63-60-57-54-51-48-46-44-41-32-30-28-26-23-20-17-14-11-8-5-2/h7,10,12,15-16,19,21,23-27,30-33,44,46,72H,4-6,8-9,11,13-14,17-18,20,22,28-29,34-43,45,47-71H2,1-3H3/b10-7-,15-12-,19-16-,24-21-,26-23-,27-25-,32-30-,33-31-,46-44-. The highest BCUT2D eigenvalue weighted by Gasteiger charge is 2.19. The van der Waals surface area contributed by atoms with E-state index < -0.39 is 6.10 Å². The van der Waals surface area contributed by atoms with Crippen molar-refractivity contribution in [2.45, 2.75) is 335 Å². The second kappa shape index (κ2) is 68.6. The quantitative estimate of drug-likeness (QED) is 0.0261. The number of esters is 3. The minimum absolute atomic E-state index is 0.0868. The van der Waals surface area contributed by atoms with E-state index in [4.69, 9.17) is 14.2 Å². The average molecular weight is 1130 g/mol. The fourth-order valence-corrected chi connectivity index (χ4v) is 9.60. The summed E-state index contributed by atoms with van der Waals surface area (Å²) in [6, 6.07) is 0. The predicted molar refractivity (Wildman–Crippen MR) is 353 cm³/mol. The minimum atomic E-state index is -0.793. The fourth-order valence-electron chi connectivity index (χ4n) is 9.60. The van der Waals surface area contributed by atoms with E-state index in [1.54, 1.807) is 0 Å². The van der Waals surface area contributed by atoms with Gasteiger partial charge in [0.1, 0.15) is 13.2 Å². The molecule has 0 rings (SSSR count). The molecule has 0 aromatic heterocycles. The van der Waals surface area contributed by atoms with E-state index in [0.29, 0.717) is 19.3 Å². The molecule has 0 saturated heterocycles. The Balaban J connectivity index is 4.28. The third-order valence-electron chi connectivity index (χ3n) is 14.7. The molecular weight excluding hydrogens is 997 g/mol. The van der Waals surface area contributed by atoms with Crippen molar-refractivity contribution >= 4 is 17.9 Å². The van der Waals surface area contributed by atoms with Crippen molar-refractivity contribution in [3.05, 3.63) is 109 Å². The molecule has 1 atom stereocenters. The van der Waals surface area contributed by atoms with Gasteiger partial charge in [-0.25, -0.2) is 0 Å². The highest BCUT2D eigenvalue weighted by Crippen LogP contribution is 2.17. The molecule has 81 heavy (non-hydrogen) atoms.